The minimum atomic E-state index is -0.255. The summed E-state index contributed by atoms with van der Waals surface area (Å²) in [6.07, 6.45) is 4.80. The summed E-state index contributed by atoms with van der Waals surface area (Å²) in [6, 6.07) is 0. The standard InChI is InChI=1S/C9H18O2.C5H12/c1-3-4-5-6-9(2)10-7-8-11-9;1-5(2,3)4/h3-8H2,1-2H3;1-4H3. The largest absolute Gasteiger partial charge is 0.348 e. The molecule has 0 bridgehead atoms. The van der Waals surface area contributed by atoms with E-state index in [1.54, 1.807) is 0 Å². The van der Waals surface area contributed by atoms with Gasteiger partial charge in [-0.15, -0.1) is 0 Å². The molecule has 16 heavy (non-hydrogen) atoms. The first-order chi connectivity index (χ1) is 7.27. The molecule has 2 nitrogen and oxygen atoms in total. The molecule has 0 amide bonds. The lowest BCUT2D eigenvalue weighted by molar-refractivity contribution is -0.147. The quantitative estimate of drug-likeness (QED) is 0.667. The molecule has 0 N–H and O–H groups in total. The van der Waals surface area contributed by atoms with Gasteiger partial charge in [-0.25, -0.2) is 0 Å². The van der Waals surface area contributed by atoms with Crippen molar-refractivity contribution in [2.75, 3.05) is 13.2 Å². The second-order valence-electron chi connectivity index (χ2n) is 6.29. The molecule has 1 heterocycles. The Morgan fingerprint density at radius 1 is 1.00 bits per heavy atom. The van der Waals surface area contributed by atoms with E-state index in [1.807, 2.05) is 6.92 Å². The molecule has 0 unspecified atom stereocenters. The van der Waals surface area contributed by atoms with Gasteiger partial charge < -0.3 is 9.47 Å². The third kappa shape index (κ3) is 10.4. The Labute approximate surface area is 102 Å². The summed E-state index contributed by atoms with van der Waals surface area (Å²) in [5.74, 6) is -0.255. The molecule has 1 rings (SSSR count). The van der Waals surface area contributed by atoms with Crippen LogP contribution in [0.1, 0.15) is 67.2 Å². The van der Waals surface area contributed by atoms with Gasteiger partial charge in [0.1, 0.15) is 0 Å². The Bertz CT molecular complexity index is 158. The third-order valence-electron chi connectivity index (χ3n) is 2.13. The van der Waals surface area contributed by atoms with Gasteiger partial charge in [0.05, 0.1) is 13.2 Å². The summed E-state index contributed by atoms with van der Waals surface area (Å²) in [5.41, 5.74) is 0.500. The van der Waals surface area contributed by atoms with Gasteiger partial charge in [0.25, 0.3) is 0 Å². The van der Waals surface area contributed by atoms with Crippen LogP contribution in [-0.4, -0.2) is 19.0 Å². The third-order valence-corrected chi connectivity index (χ3v) is 2.13. The molecule has 1 fully saturated rings. The molecular weight excluding hydrogens is 200 g/mol. The lowest BCUT2D eigenvalue weighted by atomic mass is 10.0. The minimum Gasteiger partial charge on any atom is -0.348 e. The van der Waals surface area contributed by atoms with Crippen molar-refractivity contribution in [1.82, 2.24) is 0 Å². The van der Waals surface area contributed by atoms with Crippen molar-refractivity contribution in [3.05, 3.63) is 0 Å². The summed E-state index contributed by atoms with van der Waals surface area (Å²) in [7, 11) is 0. The first-order valence-corrected chi connectivity index (χ1v) is 6.55. The lowest BCUT2D eigenvalue weighted by Crippen LogP contribution is -2.24. The number of ether oxygens (including phenoxy) is 2. The van der Waals surface area contributed by atoms with Crippen LogP contribution in [0.4, 0.5) is 0 Å². The maximum Gasteiger partial charge on any atom is 0.165 e. The molecule has 0 aromatic rings. The van der Waals surface area contributed by atoms with Gasteiger partial charge in [-0.2, -0.15) is 0 Å². The van der Waals surface area contributed by atoms with Gasteiger partial charge in [-0.1, -0.05) is 47.5 Å². The van der Waals surface area contributed by atoms with E-state index in [2.05, 4.69) is 34.6 Å². The van der Waals surface area contributed by atoms with Gasteiger partial charge in [-0.05, 0) is 18.8 Å². The Morgan fingerprint density at radius 3 is 1.81 bits per heavy atom. The van der Waals surface area contributed by atoms with E-state index in [9.17, 15) is 0 Å². The second kappa shape index (κ2) is 7.29. The first kappa shape index (κ1) is 15.9. The predicted molar refractivity (Wildman–Crippen MR) is 69.6 cm³/mol. The molecule has 0 aromatic heterocycles. The van der Waals surface area contributed by atoms with E-state index in [4.69, 9.17) is 9.47 Å². The molecule has 1 aliphatic rings. The maximum absolute atomic E-state index is 5.46. The smallest absolute Gasteiger partial charge is 0.165 e. The number of hydrogen-bond donors (Lipinski definition) is 0. The van der Waals surface area contributed by atoms with Crippen LogP contribution in [0.15, 0.2) is 0 Å². The zero-order chi connectivity index (χ0) is 12.7. The highest BCUT2D eigenvalue weighted by atomic mass is 16.7. The summed E-state index contributed by atoms with van der Waals surface area (Å²) in [4.78, 5) is 0. The fourth-order valence-corrected chi connectivity index (χ4v) is 1.40. The number of hydrogen-bond acceptors (Lipinski definition) is 2. The number of rotatable bonds is 4. The van der Waals surface area contributed by atoms with Crippen LogP contribution in [0.25, 0.3) is 0 Å². The second-order valence-corrected chi connectivity index (χ2v) is 6.29. The predicted octanol–water partition coefficient (Wildman–Crippen LogP) is 4.38. The zero-order valence-electron chi connectivity index (χ0n) is 12.1. The van der Waals surface area contributed by atoms with E-state index in [-0.39, 0.29) is 5.79 Å². The van der Waals surface area contributed by atoms with E-state index in [1.165, 1.54) is 19.3 Å². The molecule has 98 valence electrons. The number of unbranched alkanes of at least 4 members (excludes halogenated alkanes) is 2. The van der Waals surface area contributed by atoms with Crippen molar-refractivity contribution in [3.8, 4) is 0 Å². The highest BCUT2D eigenvalue weighted by Gasteiger charge is 2.29. The normalized spacial score (nSPS) is 19.1. The van der Waals surface area contributed by atoms with E-state index >= 15 is 0 Å². The van der Waals surface area contributed by atoms with Crippen molar-refractivity contribution >= 4 is 0 Å². The maximum atomic E-state index is 5.46. The fourth-order valence-electron chi connectivity index (χ4n) is 1.40. The van der Waals surface area contributed by atoms with Crippen LogP contribution in [0.3, 0.4) is 0 Å². The van der Waals surface area contributed by atoms with E-state index in [0.717, 1.165) is 19.6 Å². The van der Waals surface area contributed by atoms with Gasteiger partial charge >= 0.3 is 0 Å². The average Bonchev–Trinajstić information content (AvgIpc) is 2.50. The topological polar surface area (TPSA) is 18.5 Å². The van der Waals surface area contributed by atoms with Crippen molar-refractivity contribution in [1.29, 1.82) is 0 Å². The van der Waals surface area contributed by atoms with Gasteiger partial charge in [-0.3, -0.25) is 0 Å². The summed E-state index contributed by atoms with van der Waals surface area (Å²) >= 11 is 0. The van der Waals surface area contributed by atoms with Crippen LogP contribution in [0.5, 0.6) is 0 Å². The van der Waals surface area contributed by atoms with Gasteiger partial charge in [0.2, 0.25) is 0 Å². The van der Waals surface area contributed by atoms with E-state index < -0.39 is 0 Å². The molecule has 0 atom stereocenters. The minimum absolute atomic E-state index is 0.255. The summed E-state index contributed by atoms with van der Waals surface area (Å²) < 4.78 is 10.9. The van der Waals surface area contributed by atoms with Crippen molar-refractivity contribution in [2.45, 2.75) is 73.0 Å². The Hall–Kier alpha value is -0.0800. The van der Waals surface area contributed by atoms with Crippen molar-refractivity contribution in [3.63, 3.8) is 0 Å². The summed E-state index contributed by atoms with van der Waals surface area (Å²) in [6.45, 7) is 14.5. The average molecular weight is 230 g/mol. The molecule has 0 aliphatic carbocycles. The highest BCUT2D eigenvalue weighted by Crippen LogP contribution is 2.24. The highest BCUT2D eigenvalue weighted by molar-refractivity contribution is 4.67. The lowest BCUT2D eigenvalue weighted by Gasteiger charge is -2.21. The fraction of sp³-hybridized carbons (Fsp3) is 1.00. The van der Waals surface area contributed by atoms with Crippen LogP contribution in [-0.2, 0) is 9.47 Å². The molecule has 0 saturated carbocycles. The van der Waals surface area contributed by atoms with Gasteiger partial charge in [0.15, 0.2) is 5.79 Å². The van der Waals surface area contributed by atoms with Gasteiger partial charge in [0, 0.05) is 6.42 Å². The Balaban J connectivity index is 0.000000385. The monoisotopic (exact) mass is 230 g/mol. The molecule has 0 radical (unpaired) electrons. The summed E-state index contributed by atoms with van der Waals surface area (Å²) in [5, 5.41) is 0. The molecule has 1 aliphatic heterocycles. The SMILES string of the molecule is CC(C)(C)C.CCCCCC1(C)OCCO1. The molecule has 2 heteroatoms. The molecule has 1 saturated heterocycles. The van der Waals surface area contributed by atoms with Crippen LogP contribution in [0.2, 0.25) is 0 Å². The first-order valence-electron chi connectivity index (χ1n) is 6.55. The molecule has 0 spiro atoms. The Kier molecular flexibility index (Phi) is 7.25. The molecule has 0 aromatic carbocycles. The van der Waals surface area contributed by atoms with Crippen LogP contribution >= 0.6 is 0 Å². The zero-order valence-corrected chi connectivity index (χ0v) is 12.1. The molecular formula is C14H30O2. The van der Waals surface area contributed by atoms with Crippen LogP contribution < -0.4 is 0 Å². The Morgan fingerprint density at radius 2 is 1.44 bits per heavy atom. The van der Waals surface area contributed by atoms with Crippen molar-refractivity contribution < 1.29 is 9.47 Å². The van der Waals surface area contributed by atoms with Crippen molar-refractivity contribution in [2.24, 2.45) is 5.41 Å². The van der Waals surface area contributed by atoms with E-state index in [0.29, 0.717) is 5.41 Å². The van der Waals surface area contributed by atoms with Crippen LogP contribution in [0, 0.1) is 5.41 Å².